The Morgan fingerprint density at radius 1 is 0.950 bits per heavy atom. The molecule has 0 radical (unpaired) electrons. The van der Waals surface area contributed by atoms with Gasteiger partial charge in [0.15, 0.2) is 0 Å². The van der Waals surface area contributed by atoms with Crippen LogP contribution in [0.5, 0.6) is 5.75 Å². The fourth-order valence-corrected chi connectivity index (χ4v) is 2.23. The van der Waals surface area contributed by atoms with Crippen molar-refractivity contribution >= 4 is 10.8 Å². The summed E-state index contributed by atoms with van der Waals surface area (Å²) in [5.74, 6) is 0.830. The molecule has 3 aromatic rings. The van der Waals surface area contributed by atoms with Crippen LogP contribution in [0.2, 0.25) is 0 Å². The number of fused-ring (bicyclic) bond motifs is 1. The third-order valence-corrected chi connectivity index (χ3v) is 3.27. The second-order valence-corrected chi connectivity index (χ2v) is 4.68. The minimum absolute atomic E-state index is 0.200. The van der Waals surface area contributed by atoms with Crippen molar-refractivity contribution in [1.29, 1.82) is 0 Å². The summed E-state index contributed by atoms with van der Waals surface area (Å²) in [6.45, 7) is 0.430. The normalized spacial score (nSPS) is 12.2. The van der Waals surface area contributed by atoms with Crippen LogP contribution in [0.1, 0.15) is 11.6 Å². The number of hydrogen-bond donors (Lipinski definition) is 1. The maximum absolute atomic E-state index is 6.24. The monoisotopic (exact) mass is 264 g/mol. The molecule has 20 heavy (non-hydrogen) atoms. The van der Waals surface area contributed by atoms with Gasteiger partial charge in [0.25, 0.3) is 0 Å². The zero-order valence-electron chi connectivity index (χ0n) is 11.1. The van der Waals surface area contributed by atoms with Crippen LogP contribution in [0.4, 0.5) is 0 Å². The van der Waals surface area contributed by atoms with Gasteiger partial charge in [0.2, 0.25) is 0 Å². The second-order valence-electron chi connectivity index (χ2n) is 4.68. The van der Waals surface area contributed by atoms with Gasteiger partial charge < -0.3 is 10.5 Å². The first-order chi connectivity index (χ1) is 9.84. The van der Waals surface area contributed by atoms with E-state index in [2.05, 4.69) is 11.1 Å². The summed E-state index contributed by atoms with van der Waals surface area (Å²) >= 11 is 0. The fraction of sp³-hybridized carbons (Fsp3) is 0.118. The van der Waals surface area contributed by atoms with Crippen LogP contribution < -0.4 is 10.5 Å². The fourth-order valence-electron chi connectivity index (χ4n) is 2.23. The molecule has 0 aliphatic carbocycles. The predicted octanol–water partition coefficient (Wildman–Crippen LogP) is 3.31. The van der Waals surface area contributed by atoms with Crippen LogP contribution in [0, 0.1) is 0 Å². The molecule has 100 valence electrons. The molecule has 0 spiro atoms. The number of nitrogens with zero attached hydrogens (tertiary/aromatic N) is 1. The first-order valence-corrected chi connectivity index (χ1v) is 6.60. The van der Waals surface area contributed by atoms with E-state index < -0.39 is 0 Å². The summed E-state index contributed by atoms with van der Waals surface area (Å²) in [6.07, 6.45) is 3.67. The van der Waals surface area contributed by atoms with Gasteiger partial charge in [-0.25, -0.2) is 0 Å². The molecule has 0 fully saturated rings. The van der Waals surface area contributed by atoms with E-state index in [0.717, 1.165) is 22.1 Å². The molecule has 0 aliphatic heterocycles. The van der Waals surface area contributed by atoms with E-state index in [1.54, 1.807) is 0 Å². The molecule has 3 rings (SSSR count). The molecule has 1 heterocycles. The van der Waals surface area contributed by atoms with Crippen LogP contribution in [-0.4, -0.2) is 11.6 Å². The van der Waals surface area contributed by atoms with E-state index >= 15 is 0 Å². The topological polar surface area (TPSA) is 48.1 Å². The number of benzene rings is 2. The van der Waals surface area contributed by atoms with E-state index in [0.29, 0.717) is 6.61 Å². The van der Waals surface area contributed by atoms with Gasteiger partial charge >= 0.3 is 0 Å². The molecular formula is C17H16N2O. The molecule has 3 heteroatoms. The number of rotatable bonds is 4. The van der Waals surface area contributed by atoms with Crippen LogP contribution in [0.25, 0.3) is 10.8 Å². The van der Waals surface area contributed by atoms with Crippen molar-refractivity contribution in [2.75, 3.05) is 6.61 Å². The molecule has 0 saturated carbocycles. The molecule has 1 unspecified atom stereocenters. The van der Waals surface area contributed by atoms with Gasteiger partial charge in [-0.2, -0.15) is 0 Å². The lowest BCUT2D eigenvalue weighted by atomic mass is 10.0. The minimum Gasteiger partial charge on any atom is -0.492 e. The van der Waals surface area contributed by atoms with Crippen LogP contribution in [0.3, 0.4) is 0 Å². The lowest BCUT2D eigenvalue weighted by Gasteiger charge is -2.15. The average molecular weight is 264 g/mol. The highest BCUT2D eigenvalue weighted by molar-refractivity contribution is 5.85. The second kappa shape index (κ2) is 5.72. The van der Waals surface area contributed by atoms with E-state index in [9.17, 15) is 0 Å². The van der Waals surface area contributed by atoms with E-state index in [1.165, 1.54) is 0 Å². The Labute approximate surface area is 118 Å². The maximum Gasteiger partial charge on any atom is 0.119 e. The third kappa shape index (κ3) is 2.63. The zero-order chi connectivity index (χ0) is 13.8. The number of pyridine rings is 1. The predicted molar refractivity (Wildman–Crippen MR) is 80.6 cm³/mol. The van der Waals surface area contributed by atoms with Crippen LogP contribution in [-0.2, 0) is 0 Å². The first kappa shape index (κ1) is 12.6. The number of nitrogens with two attached hydrogens (primary N) is 1. The van der Waals surface area contributed by atoms with Gasteiger partial charge in [-0.05, 0) is 23.1 Å². The summed E-state index contributed by atoms with van der Waals surface area (Å²) in [5, 5.41) is 2.23. The van der Waals surface area contributed by atoms with Crippen molar-refractivity contribution in [2.45, 2.75) is 6.04 Å². The molecular weight excluding hydrogens is 248 g/mol. The summed E-state index contributed by atoms with van der Waals surface area (Å²) in [4.78, 5) is 4.25. The van der Waals surface area contributed by atoms with Gasteiger partial charge in [0.05, 0.1) is 6.04 Å². The Kier molecular flexibility index (Phi) is 3.61. The van der Waals surface area contributed by atoms with Crippen molar-refractivity contribution in [3.63, 3.8) is 0 Å². The van der Waals surface area contributed by atoms with E-state index in [4.69, 9.17) is 10.5 Å². The summed E-state index contributed by atoms with van der Waals surface area (Å²) in [6, 6.07) is 17.6. The molecule has 0 amide bonds. The maximum atomic E-state index is 6.24. The lowest BCUT2D eigenvalue weighted by molar-refractivity contribution is 0.291. The Bertz CT molecular complexity index is 692. The van der Waals surface area contributed by atoms with Crippen LogP contribution >= 0.6 is 0 Å². The van der Waals surface area contributed by atoms with Crippen molar-refractivity contribution in [3.8, 4) is 5.75 Å². The van der Waals surface area contributed by atoms with E-state index in [-0.39, 0.29) is 6.04 Å². The van der Waals surface area contributed by atoms with Crippen molar-refractivity contribution in [3.05, 3.63) is 72.6 Å². The Hall–Kier alpha value is -2.39. The molecule has 2 aromatic carbocycles. The zero-order valence-corrected chi connectivity index (χ0v) is 11.1. The molecule has 1 aromatic heterocycles. The number of aromatic nitrogens is 1. The van der Waals surface area contributed by atoms with Gasteiger partial charge in [-0.3, -0.25) is 4.98 Å². The third-order valence-electron chi connectivity index (χ3n) is 3.27. The quantitative estimate of drug-likeness (QED) is 0.786. The first-order valence-electron chi connectivity index (χ1n) is 6.60. The average Bonchev–Trinajstić information content (AvgIpc) is 2.53. The largest absolute Gasteiger partial charge is 0.492 e. The highest BCUT2D eigenvalue weighted by atomic mass is 16.5. The summed E-state index contributed by atoms with van der Waals surface area (Å²) in [7, 11) is 0. The highest BCUT2D eigenvalue weighted by Gasteiger charge is 2.11. The standard InChI is InChI=1S/C17H16N2O/c18-17(12-20-14-7-2-1-3-8-14)16-11-19-10-13-6-4-5-9-15(13)16/h1-11,17H,12,18H2. The summed E-state index contributed by atoms with van der Waals surface area (Å²) < 4.78 is 5.72. The molecule has 0 bridgehead atoms. The Morgan fingerprint density at radius 2 is 1.70 bits per heavy atom. The van der Waals surface area contributed by atoms with Crippen molar-refractivity contribution in [2.24, 2.45) is 5.73 Å². The SMILES string of the molecule is NC(COc1ccccc1)c1cncc2ccccc12. The lowest BCUT2D eigenvalue weighted by Crippen LogP contribution is -2.19. The summed E-state index contributed by atoms with van der Waals surface area (Å²) in [5.41, 5.74) is 7.26. The van der Waals surface area contributed by atoms with Crippen molar-refractivity contribution < 1.29 is 4.74 Å². The number of para-hydroxylation sites is 1. The molecule has 0 aliphatic rings. The number of ether oxygens (including phenoxy) is 1. The molecule has 1 atom stereocenters. The Morgan fingerprint density at radius 3 is 2.55 bits per heavy atom. The number of hydrogen-bond acceptors (Lipinski definition) is 3. The van der Waals surface area contributed by atoms with Gasteiger partial charge in [0.1, 0.15) is 12.4 Å². The molecule has 2 N–H and O–H groups in total. The molecule has 3 nitrogen and oxygen atoms in total. The molecule has 0 saturated heterocycles. The smallest absolute Gasteiger partial charge is 0.119 e. The highest BCUT2D eigenvalue weighted by Crippen LogP contribution is 2.22. The van der Waals surface area contributed by atoms with Gasteiger partial charge in [0, 0.05) is 17.8 Å². The minimum atomic E-state index is -0.200. The Balaban J connectivity index is 1.80. The van der Waals surface area contributed by atoms with E-state index in [1.807, 2.05) is 60.9 Å². The van der Waals surface area contributed by atoms with Crippen molar-refractivity contribution in [1.82, 2.24) is 4.98 Å². The van der Waals surface area contributed by atoms with Gasteiger partial charge in [-0.15, -0.1) is 0 Å². The van der Waals surface area contributed by atoms with Gasteiger partial charge in [-0.1, -0.05) is 42.5 Å². The van der Waals surface area contributed by atoms with Crippen LogP contribution in [0.15, 0.2) is 67.0 Å².